The summed E-state index contributed by atoms with van der Waals surface area (Å²) in [5.74, 6) is -0.380. The van der Waals surface area contributed by atoms with Crippen molar-refractivity contribution in [3.8, 4) is 0 Å². The van der Waals surface area contributed by atoms with Gasteiger partial charge < -0.3 is 10.5 Å². The SMILES string of the molecule is C=C1CCC(C(N)=O)C(OC)C1. The van der Waals surface area contributed by atoms with Gasteiger partial charge in [0.15, 0.2) is 0 Å². The predicted octanol–water partition coefficient (Wildman–Crippen LogP) is 0.843. The molecule has 0 heterocycles. The minimum absolute atomic E-state index is 0.0521. The Morgan fingerprint density at radius 2 is 2.42 bits per heavy atom. The quantitative estimate of drug-likeness (QED) is 0.623. The Morgan fingerprint density at radius 3 is 2.92 bits per heavy atom. The standard InChI is InChI=1S/C9H15NO2/c1-6-3-4-7(9(10)11)8(5-6)12-2/h7-8H,1,3-5H2,2H3,(H2,10,11). The van der Waals surface area contributed by atoms with E-state index < -0.39 is 0 Å². The molecule has 0 aromatic heterocycles. The number of ether oxygens (including phenoxy) is 1. The lowest BCUT2D eigenvalue weighted by molar-refractivity contribution is -0.127. The minimum Gasteiger partial charge on any atom is -0.380 e. The van der Waals surface area contributed by atoms with E-state index >= 15 is 0 Å². The fourth-order valence-electron chi connectivity index (χ4n) is 1.65. The third kappa shape index (κ3) is 1.85. The average molecular weight is 169 g/mol. The summed E-state index contributed by atoms with van der Waals surface area (Å²) in [7, 11) is 1.61. The van der Waals surface area contributed by atoms with Crippen LogP contribution in [-0.4, -0.2) is 19.1 Å². The van der Waals surface area contributed by atoms with E-state index in [0.29, 0.717) is 0 Å². The molecule has 0 saturated heterocycles. The van der Waals surface area contributed by atoms with Gasteiger partial charge in [0.05, 0.1) is 12.0 Å². The van der Waals surface area contributed by atoms with Gasteiger partial charge in [-0.3, -0.25) is 4.79 Å². The van der Waals surface area contributed by atoms with Crippen LogP contribution in [0.2, 0.25) is 0 Å². The zero-order valence-corrected chi connectivity index (χ0v) is 7.38. The summed E-state index contributed by atoms with van der Waals surface area (Å²) in [6, 6.07) is 0. The molecule has 2 N–H and O–H groups in total. The summed E-state index contributed by atoms with van der Waals surface area (Å²) in [6.45, 7) is 3.87. The van der Waals surface area contributed by atoms with E-state index in [0.717, 1.165) is 24.8 Å². The molecule has 1 amide bonds. The van der Waals surface area contributed by atoms with Gasteiger partial charge in [0.1, 0.15) is 0 Å². The van der Waals surface area contributed by atoms with Crippen LogP contribution in [0, 0.1) is 5.92 Å². The third-order valence-electron chi connectivity index (χ3n) is 2.42. The number of carbonyl (C=O) groups excluding carboxylic acids is 1. The molecule has 68 valence electrons. The van der Waals surface area contributed by atoms with Crippen molar-refractivity contribution in [2.45, 2.75) is 25.4 Å². The molecular formula is C9H15NO2. The predicted molar refractivity (Wildman–Crippen MR) is 46.5 cm³/mol. The summed E-state index contributed by atoms with van der Waals surface area (Å²) >= 11 is 0. The van der Waals surface area contributed by atoms with Crippen LogP contribution in [0.1, 0.15) is 19.3 Å². The van der Waals surface area contributed by atoms with Gasteiger partial charge in [-0.05, 0) is 19.3 Å². The van der Waals surface area contributed by atoms with Gasteiger partial charge in [-0.25, -0.2) is 0 Å². The highest BCUT2D eigenvalue weighted by Crippen LogP contribution is 2.28. The van der Waals surface area contributed by atoms with Crippen molar-refractivity contribution in [2.75, 3.05) is 7.11 Å². The van der Waals surface area contributed by atoms with Crippen molar-refractivity contribution in [3.63, 3.8) is 0 Å². The first kappa shape index (κ1) is 9.26. The van der Waals surface area contributed by atoms with Crippen molar-refractivity contribution in [1.29, 1.82) is 0 Å². The molecule has 0 aromatic rings. The highest BCUT2D eigenvalue weighted by Gasteiger charge is 2.30. The van der Waals surface area contributed by atoms with Crippen LogP contribution >= 0.6 is 0 Å². The summed E-state index contributed by atoms with van der Waals surface area (Å²) in [4.78, 5) is 10.9. The summed E-state index contributed by atoms with van der Waals surface area (Å²) in [5, 5.41) is 0. The van der Waals surface area contributed by atoms with Crippen molar-refractivity contribution in [1.82, 2.24) is 0 Å². The molecule has 0 bridgehead atoms. The maximum absolute atomic E-state index is 10.9. The van der Waals surface area contributed by atoms with E-state index in [1.54, 1.807) is 7.11 Å². The molecule has 2 atom stereocenters. The molecule has 1 saturated carbocycles. The zero-order chi connectivity index (χ0) is 9.14. The smallest absolute Gasteiger partial charge is 0.223 e. The van der Waals surface area contributed by atoms with Gasteiger partial charge >= 0.3 is 0 Å². The Hall–Kier alpha value is -0.830. The van der Waals surface area contributed by atoms with Gasteiger partial charge in [0.25, 0.3) is 0 Å². The second-order valence-corrected chi connectivity index (χ2v) is 3.28. The highest BCUT2D eigenvalue weighted by atomic mass is 16.5. The zero-order valence-electron chi connectivity index (χ0n) is 7.38. The summed E-state index contributed by atoms with van der Waals surface area (Å²) in [6.07, 6.45) is 2.40. The Labute approximate surface area is 72.6 Å². The van der Waals surface area contributed by atoms with Gasteiger partial charge in [-0.2, -0.15) is 0 Å². The normalized spacial score (nSPS) is 30.2. The topological polar surface area (TPSA) is 52.3 Å². The molecule has 1 aliphatic rings. The molecule has 1 fully saturated rings. The largest absolute Gasteiger partial charge is 0.380 e. The monoisotopic (exact) mass is 169 g/mol. The average Bonchev–Trinajstić information content (AvgIpc) is 2.03. The lowest BCUT2D eigenvalue weighted by atomic mass is 9.83. The van der Waals surface area contributed by atoms with Crippen molar-refractivity contribution in [2.24, 2.45) is 11.7 Å². The van der Waals surface area contributed by atoms with E-state index in [9.17, 15) is 4.79 Å². The number of primary amides is 1. The van der Waals surface area contributed by atoms with Crippen LogP contribution in [0.3, 0.4) is 0 Å². The maximum atomic E-state index is 10.9. The van der Waals surface area contributed by atoms with Crippen molar-refractivity contribution >= 4 is 5.91 Å². The van der Waals surface area contributed by atoms with Crippen molar-refractivity contribution in [3.05, 3.63) is 12.2 Å². The number of rotatable bonds is 2. The van der Waals surface area contributed by atoms with Crippen molar-refractivity contribution < 1.29 is 9.53 Å². The number of hydrogen-bond acceptors (Lipinski definition) is 2. The van der Waals surface area contributed by atoms with E-state index in [1.165, 1.54) is 0 Å². The van der Waals surface area contributed by atoms with Gasteiger partial charge in [-0.15, -0.1) is 0 Å². The Morgan fingerprint density at radius 1 is 1.75 bits per heavy atom. The Bertz CT molecular complexity index is 201. The Balaban J connectivity index is 2.62. The summed E-state index contributed by atoms with van der Waals surface area (Å²) in [5.41, 5.74) is 6.38. The lowest BCUT2D eigenvalue weighted by Gasteiger charge is -2.29. The molecule has 3 nitrogen and oxygen atoms in total. The van der Waals surface area contributed by atoms with Gasteiger partial charge in [0.2, 0.25) is 5.91 Å². The fourth-order valence-corrected chi connectivity index (χ4v) is 1.65. The maximum Gasteiger partial charge on any atom is 0.223 e. The van der Waals surface area contributed by atoms with Crippen LogP contribution in [0.5, 0.6) is 0 Å². The highest BCUT2D eigenvalue weighted by molar-refractivity contribution is 5.77. The number of nitrogens with two attached hydrogens (primary N) is 1. The molecule has 3 heteroatoms. The lowest BCUT2D eigenvalue weighted by Crippen LogP contribution is -2.37. The van der Waals surface area contributed by atoms with E-state index in [4.69, 9.17) is 10.5 Å². The summed E-state index contributed by atoms with van der Waals surface area (Å²) < 4.78 is 5.17. The van der Waals surface area contributed by atoms with Crippen LogP contribution < -0.4 is 5.73 Å². The van der Waals surface area contributed by atoms with Gasteiger partial charge in [0, 0.05) is 7.11 Å². The minimum atomic E-state index is -0.255. The van der Waals surface area contributed by atoms with E-state index in [-0.39, 0.29) is 17.9 Å². The number of carbonyl (C=O) groups is 1. The van der Waals surface area contributed by atoms with Crippen LogP contribution in [-0.2, 0) is 9.53 Å². The Kier molecular flexibility index (Phi) is 2.87. The van der Waals surface area contributed by atoms with E-state index in [2.05, 4.69) is 6.58 Å². The first-order valence-corrected chi connectivity index (χ1v) is 4.14. The molecular weight excluding hydrogens is 154 g/mol. The first-order valence-electron chi connectivity index (χ1n) is 4.14. The van der Waals surface area contributed by atoms with Gasteiger partial charge in [-0.1, -0.05) is 12.2 Å². The number of methoxy groups -OCH3 is 1. The molecule has 1 rings (SSSR count). The number of hydrogen-bond donors (Lipinski definition) is 1. The molecule has 12 heavy (non-hydrogen) atoms. The van der Waals surface area contributed by atoms with E-state index in [1.807, 2.05) is 0 Å². The first-order chi connectivity index (χ1) is 5.65. The molecule has 1 aliphatic carbocycles. The third-order valence-corrected chi connectivity index (χ3v) is 2.42. The second kappa shape index (κ2) is 3.72. The molecule has 0 spiro atoms. The second-order valence-electron chi connectivity index (χ2n) is 3.28. The van der Waals surface area contributed by atoms with Crippen LogP contribution in [0.15, 0.2) is 12.2 Å². The molecule has 0 radical (unpaired) electrons. The molecule has 0 aromatic carbocycles. The van der Waals surface area contributed by atoms with Crippen LogP contribution in [0.4, 0.5) is 0 Å². The fraction of sp³-hybridized carbons (Fsp3) is 0.667. The van der Waals surface area contributed by atoms with Crippen LogP contribution in [0.25, 0.3) is 0 Å². The molecule has 0 aliphatic heterocycles. The molecule has 2 unspecified atom stereocenters. The number of amides is 1.